The number of nitrogens with one attached hydrogen (secondary N) is 1. The maximum Gasteiger partial charge on any atom is 0.231 e. The molecule has 3 N–H and O–H groups in total. The number of hydrogen-bond donors (Lipinski definition) is 2. The second-order valence-corrected chi connectivity index (χ2v) is 5.77. The molecule has 6 heteroatoms. The van der Waals surface area contributed by atoms with E-state index in [1.165, 1.54) is 19.3 Å². The lowest BCUT2D eigenvalue weighted by atomic mass is 10.0. The molecule has 0 saturated carbocycles. The molecular weight excluding hydrogens is 252 g/mol. The molecule has 0 aliphatic carbocycles. The first-order valence-electron chi connectivity index (χ1n) is 7.63. The van der Waals surface area contributed by atoms with Crippen molar-refractivity contribution in [2.75, 3.05) is 29.0 Å². The van der Waals surface area contributed by atoms with Gasteiger partial charge >= 0.3 is 0 Å². The van der Waals surface area contributed by atoms with Crippen molar-refractivity contribution in [1.29, 1.82) is 0 Å². The number of piperidine rings is 1. The molecule has 6 nitrogen and oxygen atoms in total. The second-order valence-electron chi connectivity index (χ2n) is 5.77. The average molecular weight is 278 g/mol. The van der Waals surface area contributed by atoms with Gasteiger partial charge in [-0.25, -0.2) is 0 Å². The standard InChI is InChI=1S/C14H26N6/c1-4-11(10(2)3)16-13-17-12(15)18-14(19-13)20-8-6-5-7-9-20/h10-11H,4-9H2,1-3H3,(H3,15,16,17,18,19). The zero-order chi connectivity index (χ0) is 14.5. The van der Waals surface area contributed by atoms with Crippen molar-refractivity contribution in [2.24, 2.45) is 5.92 Å². The van der Waals surface area contributed by atoms with E-state index in [1.807, 2.05) is 0 Å². The smallest absolute Gasteiger partial charge is 0.231 e. The molecule has 1 atom stereocenters. The van der Waals surface area contributed by atoms with E-state index in [0.29, 0.717) is 29.8 Å². The van der Waals surface area contributed by atoms with Crippen LogP contribution in [-0.2, 0) is 0 Å². The van der Waals surface area contributed by atoms with Crippen LogP contribution in [0.4, 0.5) is 17.8 Å². The molecule has 0 spiro atoms. The summed E-state index contributed by atoms with van der Waals surface area (Å²) in [5.41, 5.74) is 5.83. The molecule has 0 bridgehead atoms. The Balaban J connectivity index is 2.15. The molecular formula is C14H26N6. The van der Waals surface area contributed by atoms with Gasteiger partial charge in [0, 0.05) is 19.1 Å². The molecule has 1 aliphatic heterocycles. The molecule has 0 amide bonds. The van der Waals surface area contributed by atoms with Gasteiger partial charge in [0.05, 0.1) is 0 Å². The summed E-state index contributed by atoms with van der Waals surface area (Å²) < 4.78 is 0. The van der Waals surface area contributed by atoms with E-state index >= 15 is 0 Å². The summed E-state index contributed by atoms with van der Waals surface area (Å²) in [5.74, 6) is 2.12. The van der Waals surface area contributed by atoms with Crippen molar-refractivity contribution in [3.63, 3.8) is 0 Å². The van der Waals surface area contributed by atoms with Gasteiger partial charge in [-0.1, -0.05) is 20.8 Å². The van der Waals surface area contributed by atoms with Gasteiger partial charge in [-0.2, -0.15) is 15.0 Å². The molecule has 2 heterocycles. The molecule has 1 saturated heterocycles. The summed E-state index contributed by atoms with van der Waals surface area (Å²) in [6.45, 7) is 8.55. The lowest BCUT2D eigenvalue weighted by molar-refractivity contribution is 0.507. The van der Waals surface area contributed by atoms with E-state index in [0.717, 1.165) is 19.5 Å². The lowest BCUT2D eigenvalue weighted by Gasteiger charge is -2.27. The van der Waals surface area contributed by atoms with Crippen LogP contribution < -0.4 is 16.0 Å². The average Bonchev–Trinajstić information content (AvgIpc) is 2.45. The van der Waals surface area contributed by atoms with E-state index in [4.69, 9.17) is 5.73 Å². The van der Waals surface area contributed by atoms with Crippen molar-refractivity contribution in [2.45, 2.75) is 52.5 Å². The Morgan fingerprint density at radius 3 is 2.45 bits per heavy atom. The summed E-state index contributed by atoms with van der Waals surface area (Å²) in [6, 6.07) is 0.353. The van der Waals surface area contributed by atoms with Gasteiger partial charge in [0.2, 0.25) is 17.8 Å². The van der Waals surface area contributed by atoms with Gasteiger partial charge in [-0.15, -0.1) is 0 Å². The zero-order valence-corrected chi connectivity index (χ0v) is 12.8. The van der Waals surface area contributed by atoms with Crippen LogP contribution in [0.3, 0.4) is 0 Å². The summed E-state index contributed by atoms with van der Waals surface area (Å²) in [5, 5.41) is 3.38. The lowest BCUT2D eigenvalue weighted by Crippen LogP contribution is -2.32. The van der Waals surface area contributed by atoms with Crippen LogP contribution >= 0.6 is 0 Å². The minimum absolute atomic E-state index is 0.293. The molecule has 1 unspecified atom stereocenters. The van der Waals surface area contributed by atoms with E-state index in [9.17, 15) is 0 Å². The summed E-state index contributed by atoms with van der Waals surface area (Å²) in [7, 11) is 0. The van der Waals surface area contributed by atoms with E-state index in [1.54, 1.807) is 0 Å². The summed E-state index contributed by atoms with van der Waals surface area (Å²) in [6.07, 6.45) is 4.70. The topological polar surface area (TPSA) is 80.0 Å². The number of nitrogens with zero attached hydrogens (tertiary/aromatic N) is 4. The maximum atomic E-state index is 5.83. The highest BCUT2D eigenvalue weighted by Crippen LogP contribution is 2.19. The number of nitrogens with two attached hydrogens (primary N) is 1. The Morgan fingerprint density at radius 2 is 1.85 bits per heavy atom. The van der Waals surface area contributed by atoms with Crippen molar-refractivity contribution in [1.82, 2.24) is 15.0 Å². The third kappa shape index (κ3) is 3.71. The first kappa shape index (κ1) is 14.8. The number of rotatable bonds is 5. The van der Waals surface area contributed by atoms with Crippen LogP contribution in [0, 0.1) is 5.92 Å². The second kappa shape index (κ2) is 6.72. The Kier molecular flexibility index (Phi) is 4.98. The van der Waals surface area contributed by atoms with Gasteiger partial charge in [0.1, 0.15) is 0 Å². The number of anilines is 3. The highest BCUT2D eigenvalue weighted by atomic mass is 15.3. The third-order valence-electron chi connectivity index (χ3n) is 3.84. The maximum absolute atomic E-state index is 5.83. The summed E-state index contributed by atoms with van der Waals surface area (Å²) in [4.78, 5) is 15.2. The SMILES string of the molecule is CCC(Nc1nc(N)nc(N2CCCCC2)n1)C(C)C. The Labute approximate surface area is 121 Å². The van der Waals surface area contributed by atoms with Gasteiger partial charge in [0.25, 0.3) is 0 Å². The predicted molar refractivity (Wildman–Crippen MR) is 82.8 cm³/mol. The van der Waals surface area contributed by atoms with Crippen LogP contribution in [0.25, 0.3) is 0 Å². The highest BCUT2D eigenvalue weighted by molar-refractivity contribution is 5.42. The molecule has 1 aliphatic rings. The van der Waals surface area contributed by atoms with Crippen molar-refractivity contribution in [3.8, 4) is 0 Å². The quantitative estimate of drug-likeness (QED) is 0.860. The minimum atomic E-state index is 0.293. The van der Waals surface area contributed by atoms with Crippen molar-refractivity contribution in [3.05, 3.63) is 0 Å². The van der Waals surface area contributed by atoms with Crippen LogP contribution in [-0.4, -0.2) is 34.1 Å². The van der Waals surface area contributed by atoms with Crippen LogP contribution in [0.15, 0.2) is 0 Å². The molecule has 0 radical (unpaired) electrons. The molecule has 1 aromatic rings. The molecule has 20 heavy (non-hydrogen) atoms. The van der Waals surface area contributed by atoms with Gasteiger partial charge in [-0.05, 0) is 31.6 Å². The van der Waals surface area contributed by atoms with Crippen LogP contribution in [0.1, 0.15) is 46.5 Å². The number of aromatic nitrogens is 3. The Bertz CT molecular complexity index is 428. The van der Waals surface area contributed by atoms with Gasteiger partial charge < -0.3 is 16.0 Å². The zero-order valence-electron chi connectivity index (χ0n) is 12.8. The van der Waals surface area contributed by atoms with E-state index in [-0.39, 0.29) is 0 Å². The van der Waals surface area contributed by atoms with E-state index < -0.39 is 0 Å². The van der Waals surface area contributed by atoms with Crippen LogP contribution in [0.2, 0.25) is 0 Å². The minimum Gasteiger partial charge on any atom is -0.368 e. The fourth-order valence-corrected chi connectivity index (χ4v) is 2.59. The highest BCUT2D eigenvalue weighted by Gasteiger charge is 2.17. The van der Waals surface area contributed by atoms with Crippen molar-refractivity contribution < 1.29 is 0 Å². The molecule has 1 aromatic heterocycles. The first-order chi connectivity index (χ1) is 9.60. The molecule has 112 valence electrons. The predicted octanol–water partition coefficient (Wildman–Crippen LogP) is 2.29. The fourth-order valence-electron chi connectivity index (χ4n) is 2.59. The molecule has 2 rings (SSSR count). The largest absolute Gasteiger partial charge is 0.368 e. The number of nitrogen functional groups attached to an aromatic ring is 1. The molecule has 0 aromatic carbocycles. The van der Waals surface area contributed by atoms with Gasteiger partial charge in [0.15, 0.2) is 0 Å². The van der Waals surface area contributed by atoms with Crippen molar-refractivity contribution >= 4 is 17.8 Å². The summed E-state index contributed by atoms with van der Waals surface area (Å²) >= 11 is 0. The fraction of sp³-hybridized carbons (Fsp3) is 0.786. The monoisotopic (exact) mass is 278 g/mol. The Hall–Kier alpha value is -1.59. The van der Waals surface area contributed by atoms with E-state index in [2.05, 4.69) is 45.9 Å². The Morgan fingerprint density at radius 1 is 1.15 bits per heavy atom. The number of hydrogen-bond acceptors (Lipinski definition) is 6. The third-order valence-corrected chi connectivity index (χ3v) is 3.84. The normalized spacial score (nSPS) is 17.3. The first-order valence-corrected chi connectivity index (χ1v) is 7.63. The van der Waals surface area contributed by atoms with Crippen LogP contribution in [0.5, 0.6) is 0 Å². The van der Waals surface area contributed by atoms with Gasteiger partial charge in [-0.3, -0.25) is 0 Å². The molecule has 1 fully saturated rings.